The maximum Gasteiger partial charge on any atom is 0.122 e. The molecule has 0 fully saturated rings. The fraction of sp³-hybridized carbons (Fsp3) is 0.917. The zero-order chi connectivity index (χ0) is 10.9. The van der Waals surface area contributed by atoms with E-state index in [-0.39, 0.29) is 5.60 Å². The van der Waals surface area contributed by atoms with Crippen LogP contribution in [0, 0.1) is 6.61 Å². The van der Waals surface area contributed by atoms with Crippen LogP contribution in [-0.2, 0) is 9.78 Å². The third-order valence-electron chi connectivity index (χ3n) is 1.79. The van der Waals surface area contributed by atoms with Crippen LogP contribution in [0.1, 0.15) is 66.2 Å². The number of hydrogen-bond acceptors (Lipinski definition) is 2. The Morgan fingerprint density at radius 3 is 2.21 bits per heavy atom. The lowest BCUT2D eigenvalue weighted by Gasteiger charge is -2.16. The lowest BCUT2D eigenvalue weighted by atomic mass is 10.1. The minimum absolute atomic E-state index is 0.210. The van der Waals surface area contributed by atoms with Crippen molar-refractivity contribution in [2.45, 2.75) is 71.8 Å². The molecule has 0 aliphatic carbocycles. The summed E-state index contributed by atoms with van der Waals surface area (Å²) in [6.07, 6.45) is 7.47. The Kier molecular flexibility index (Phi) is 8.20. The summed E-state index contributed by atoms with van der Waals surface area (Å²) >= 11 is 0. The van der Waals surface area contributed by atoms with Crippen LogP contribution in [0.5, 0.6) is 0 Å². The Hall–Kier alpha value is -0.0800. The van der Waals surface area contributed by atoms with Gasteiger partial charge in [-0.15, -0.1) is 0 Å². The molecule has 85 valence electrons. The summed E-state index contributed by atoms with van der Waals surface area (Å²) < 4.78 is 0. The van der Waals surface area contributed by atoms with Crippen LogP contribution in [0.15, 0.2) is 0 Å². The summed E-state index contributed by atoms with van der Waals surface area (Å²) in [5.41, 5.74) is -0.210. The molecule has 0 amide bonds. The summed E-state index contributed by atoms with van der Waals surface area (Å²) in [7, 11) is 0. The van der Waals surface area contributed by atoms with E-state index in [4.69, 9.17) is 9.78 Å². The minimum Gasteiger partial charge on any atom is -0.231 e. The van der Waals surface area contributed by atoms with E-state index >= 15 is 0 Å². The van der Waals surface area contributed by atoms with Gasteiger partial charge >= 0.3 is 0 Å². The van der Waals surface area contributed by atoms with Crippen molar-refractivity contribution >= 4 is 0 Å². The highest BCUT2D eigenvalue weighted by atomic mass is 17.2. The Balaban J connectivity index is 2.99. The second-order valence-electron chi connectivity index (χ2n) is 4.66. The fourth-order valence-electron chi connectivity index (χ4n) is 1.06. The Bertz CT molecular complexity index is 116. The van der Waals surface area contributed by atoms with Crippen LogP contribution in [0.2, 0.25) is 0 Å². The molecule has 0 aromatic heterocycles. The largest absolute Gasteiger partial charge is 0.231 e. The highest BCUT2D eigenvalue weighted by Crippen LogP contribution is 2.11. The molecule has 0 bridgehead atoms. The van der Waals surface area contributed by atoms with Crippen molar-refractivity contribution in [2.75, 3.05) is 0 Å². The summed E-state index contributed by atoms with van der Waals surface area (Å²) in [6, 6.07) is 0. The molecule has 0 heterocycles. The van der Waals surface area contributed by atoms with Crippen molar-refractivity contribution in [1.82, 2.24) is 0 Å². The number of hydrogen-bond donors (Lipinski definition) is 0. The molecule has 0 saturated carbocycles. The molecular weight excluding hydrogens is 176 g/mol. The Labute approximate surface area is 88.9 Å². The molecule has 0 unspecified atom stereocenters. The topological polar surface area (TPSA) is 18.5 Å². The van der Waals surface area contributed by atoms with Gasteiger partial charge in [-0.1, -0.05) is 39.0 Å². The monoisotopic (exact) mass is 201 g/mol. The van der Waals surface area contributed by atoms with Crippen molar-refractivity contribution in [2.24, 2.45) is 0 Å². The van der Waals surface area contributed by atoms with Crippen LogP contribution in [-0.4, -0.2) is 5.60 Å². The molecule has 0 aliphatic heterocycles. The molecule has 2 heteroatoms. The molecule has 0 atom stereocenters. The summed E-state index contributed by atoms with van der Waals surface area (Å²) in [4.78, 5) is 10.1. The molecule has 14 heavy (non-hydrogen) atoms. The van der Waals surface area contributed by atoms with Crippen molar-refractivity contribution in [3.8, 4) is 0 Å². The molecule has 0 aliphatic rings. The molecule has 0 rings (SSSR count). The zero-order valence-electron chi connectivity index (χ0n) is 10.1. The van der Waals surface area contributed by atoms with E-state index in [0.717, 1.165) is 6.42 Å². The van der Waals surface area contributed by atoms with Gasteiger partial charge in [-0.2, -0.15) is 0 Å². The Morgan fingerprint density at radius 2 is 1.64 bits per heavy atom. The number of unbranched alkanes of at least 4 members (excludes halogenated alkanes) is 5. The van der Waals surface area contributed by atoms with E-state index < -0.39 is 0 Å². The highest BCUT2D eigenvalue weighted by Gasteiger charge is 2.10. The quantitative estimate of drug-likeness (QED) is 0.332. The van der Waals surface area contributed by atoms with Crippen LogP contribution in [0.4, 0.5) is 0 Å². The molecule has 1 radical (unpaired) electrons. The Morgan fingerprint density at radius 1 is 1.00 bits per heavy atom. The van der Waals surface area contributed by atoms with Gasteiger partial charge in [0.05, 0.1) is 5.60 Å². The van der Waals surface area contributed by atoms with E-state index in [1.807, 2.05) is 20.8 Å². The third kappa shape index (κ3) is 11.9. The predicted molar refractivity (Wildman–Crippen MR) is 59.6 cm³/mol. The van der Waals surface area contributed by atoms with Gasteiger partial charge in [0.25, 0.3) is 0 Å². The average molecular weight is 201 g/mol. The zero-order valence-corrected chi connectivity index (χ0v) is 10.1. The van der Waals surface area contributed by atoms with E-state index in [0.29, 0.717) is 0 Å². The van der Waals surface area contributed by atoms with Crippen molar-refractivity contribution in [3.05, 3.63) is 6.61 Å². The minimum atomic E-state index is -0.210. The molecule has 0 saturated heterocycles. The average Bonchev–Trinajstić information content (AvgIpc) is 2.08. The van der Waals surface area contributed by atoms with Gasteiger partial charge in [-0.25, -0.2) is 9.78 Å². The first kappa shape index (κ1) is 13.9. The van der Waals surface area contributed by atoms with E-state index in [9.17, 15) is 0 Å². The molecular formula is C12H25O2. The van der Waals surface area contributed by atoms with E-state index in [1.54, 1.807) is 6.61 Å². The van der Waals surface area contributed by atoms with Gasteiger partial charge in [0.15, 0.2) is 0 Å². The second-order valence-corrected chi connectivity index (χ2v) is 4.66. The van der Waals surface area contributed by atoms with Crippen LogP contribution >= 0.6 is 0 Å². The van der Waals surface area contributed by atoms with Gasteiger partial charge in [0, 0.05) is 0 Å². The number of rotatable bonds is 8. The molecule has 0 spiro atoms. The lowest BCUT2D eigenvalue weighted by Crippen LogP contribution is -2.18. The maximum atomic E-state index is 5.10. The van der Waals surface area contributed by atoms with Gasteiger partial charge in [-0.3, -0.25) is 0 Å². The maximum absolute atomic E-state index is 5.10. The SMILES string of the molecule is CCCCCCC[CH]OOC(C)(C)C. The smallest absolute Gasteiger partial charge is 0.122 e. The van der Waals surface area contributed by atoms with Crippen LogP contribution in [0.25, 0.3) is 0 Å². The molecule has 0 aromatic rings. The van der Waals surface area contributed by atoms with Crippen LogP contribution in [0.3, 0.4) is 0 Å². The van der Waals surface area contributed by atoms with E-state index in [2.05, 4.69) is 6.92 Å². The van der Waals surface area contributed by atoms with Gasteiger partial charge in [-0.05, 0) is 27.2 Å². The first-order valence-corrected chi connectivity index (χ1v) is 5.72. The molecule has 0 N–H and O–H groups in total. The molecule has 0 aromatic carbocycles. The third-order valence-corrected chi connectivity index (χ3v) is 1.79. The van der Waals surface area contributed by atoms with Gasteiger partial charge in [0.2, 0.25) is 0 Å². The standard InChI is InChI=1S/C12H25O2/c1-5-6-7-8-9-10-11-13-14-12(2,3)4/h11H,5-10H2,1-4H3. The first-order valence-electron chi connectivity index (χ1n) is 5.72. The van der Waals surface area contributed by atoms with Crippen molar-refractivity contribution < 1.29 is 9.78 Å². The van der Waals surface area contributed by atoms with Gasteiger partial charge in [0.1, 0.15) is 6.61 Å². The fourth-order valence-corrected chi connectivity index (χ4v) is 1.06. The summed E-state index contributed by atoms with van der Waals surface area (Å²) in [5.74, 6) is 0. The van der Waals surface area contributed by atoms with Gasteiger partial charge < -0.3 is 0 Å². The first-order chi connectivity index (χ1) is 6.56. The van der Waals surface area contributed by atoms with Crippen LogP contribution < -0.4 is 0 Å². The normalized spacial score (nSPS) is 12.0. The predicted octanol–water partition coefficient (Wildman–Crippen LogP) is 4.26. The van der Waals surface area contributed by atoms with Crippen molar-refractivity contribution in [1.29, 1.82) is 0 Å². The second kappa shape index (κ2) is 8.25. The molecule has 2 nitrogen and oxygen atoms in total. The highest BCUT2D eigenvalue weighted by molar-refractivity contribution is 4.56. The van der Waals surface area contributed by atoms with Crippen molar-refractivity contribution in [3.63, 3.8) is 0 Å². The lowest BCUT2D eigenvalue weighted by molar-refractivity contribution is -0.327. The summed E-state index contributed by atoms with van der Waals surface area (Å²) in [5, 5.41) is 0. The summed E-state index contributed by atoms with van der Waals surface area (Å²) in [6.45, 7) is 9.91. The van der Waals surface area contributed by atoms with E-state index in [1.165, 1.54) is 32.1 Å².